The molecule has 4 aromatic rings. The van der Waals surface area contributed by atoms with E-state index in [1.807, 2.05) is 30.3 Å². The Balaban J connectivity index is 1.01. The van der Waals surface area contributed by atoms with E-state index in [1.54, 1.807) is 6.33 Å². The van der Waals surface area contributed by atoms with Gasteiger partial charge in [0.25, 0.3) is 0 Å². The van der Waals surface area contributed by atoms with E-state index in [-0.39, 0.29) is 0 Å². The van der Waals surface area contributed by atoms with Gasteiger partial charge in [-0.15, -0.1) is 0 Å². The molecule has 0 radical (unpaired) electrons. The van der Waals surface area contributed by atoms with Gasteiger partial charge in [-0.05, 0) is 93.2 Å². The maximum Gasteiger partial charge on any atom is 0.146 e. The average molecular weight is 534 g/mol. The van der Waals surface area contributed by atoms with E-state index in [2.05, 4.69) is 45.3 Å². The number of benzene rings is 2. The molecule has 0 amide bonds. The summed E-state index contributed by atoms with van der Waals surface area (Å²) in [6.45, 7) is 1.67. The van der Waals surface area contributed by atoms with Gasteiger partial charge in [0, 0.05) is 28.9 Å². The lowest BCUT2D eigenvalue weighted by atomic mass is 9.53. The summed E-state index contributed by atoms with van der Waals surface area (Å²) in [6, 6.07) is 19.0. The maximum absolute atomic E-state index is 6.49. The van der Waals surface area contributed by atoms with Crippen LogP contribution < -0.4 is 15.8 Å². The van der Waals surface area contributed by atoms with Crippen molar-refractivity contribution in [2.24, 2.45) is 23.7 Å². The third-order valence-electron chi connectivity index (χ3n) is 10.5. The summed E-state index contributed by atoms with van der Waals surface area (Å²) in [5, 5.41) is 5.07. The van der Waals surface area contributed by atoms with E-state index in [9.17, 15) is 0 Å². The van der Waals surface area contributed by atoms with Gasteiger partial charge in [0.05, 0.1) is 5.39 Å². The van der Waals surface area contributed by atoms with Crippen molar-refractivity contribution in [2.45, 2.75) is 69.6 Å². The van der Waals surface area contributed by atoms with Crippen LogP contribution in [-0.4, -0.2) is 26.6 Å². The third-order valence-corrected chi connectivity index (χ3v) is 10.5. The molecule has 6 heteroatoms. The van der Waals surface area contributed by atoms with Crippen LogP contribution >= 0.6 is 0 Å². The molecule has 206 valence electrons. The fourth-order valence-corrected chi connectivity index (χ4v) is 8.92. The van der Waals surface area contributed by atoms with Crippen molar-refractivity contribution in [1.82, 2.24) is 19.9 Å². The first-order valence-electron chi connectivity index (χ1n) is 15.2. The van der Waals surface area contributed by atoms with Gasteiger partial charge in [-0.1, -0.05) is 48.5 Å². The Morgan fingerprint density at radius 2 is 1.55 bits per heavy atom. The average Bonchev–Trinajstić information content (AvgIpc) is 3.31. The molecule has 2 aromatic carbocycles. The number of para-hydroxylation sites is 1. The van der Waals surface area contributed by atoms with E-state index in [0.29, 0.717) is 24.0 Å². The molecule has 6 nitrogen and oxygen atoms in total. The summed E-state index contributed by atoms with van der Waals surface area (Å²) in [4.78, 5) is 9.10. The molecule has 3 N–H and O–H groups in total. The van der Waals surface area contributed by atoms with Gasteiger partial charge in [0.2, 0.25) is 0 Å². The van der Waals surface area contributed by atoms with Crippen molar-refractivity contribution >= 4 is 16.9 Å². The number of fused-ring (bicyclic) bond motifs is 1. The van der Waals surface area contributed by atoms with Gasteiger partial charge in [0.15, 0.2) is 0 Å². The molecule has 4 bridgehead atoms. The number of hydrogen-bond donors (Lipinski definition) is 2. The standard InChI is InChI=1S/C34H39N5O/c35-32-31-29(28-8-4-5-9-30(28)40-20-22-6-2-1-3-7-22)19-39(33(31)37-21-36-32)27-13-26(14-27)18-38-34-15-23-10-24(16-34)12-25(11-23)17-34/h1-9,19,21,23-27,38H,10-18,20H2,(H2,35,36,37). The van der Waals surface area contributed by atoms with E-state index >= 15 is 0 Å². The lowest BCUT2D eigenvalue weighted by Gasteiger charge is -2.57. The first-order chi connectivity index (χ1) is 19.6. The molecule has 40 heavy (non-hydrogen) atoms. The van der Waals surface area contributed by atoms with Gasteiger partial charge >= 0.3 is 0 Å². The van der Waals surface area contributed by atoms with Crippen molar-refractivity contribution in [3.8, 4) is 16.9 Å². The van der Waals surface area contributed by atoms with Crippen molar-refractivity contribution < 1.29 is 4.74 Å². The highest BCUT2D eigenvalue weighted by Crippen LogP contribution is 2.56. The van der Waals surface area contributed by atoms with Crippen LogP contribution in [0.4, 0.5) is 5.82 Å². The fraction of sp³-hybridized carbons (Fsp3) is 0.471. The first kappa shape index (κ1) is 24.4. The minimum Gasteiger partial charge on any atom is -0.488 e. The molecular weight excluding hydrogens is 494 g/mol. The fourth-order valence-electron chi connectivity index (χ4n) is 8.92. The number of nitrogens with one attached hydrogen (secondary N) is 1. The Morgan fingerprint density at radius 3 is 2.30 bits per heavy atom. The highest BCUT2D eigenvalue weighted by atomic mass is 16.5. The van der Waals surface area contributed by atoms with Gasteiger partial charge < -0.3 is 20.4 Å². The maximum atomic E-state index is 6.49. The van der Waals surface area contributed by atoms with Crippen molar-refractivity contribution in [2.75, 3.05) is 12.3 Å². The second-order valence-corrected chi connectivity index (χ2v) is 13.2. The van der Waals surface area contributed by atoms with Gasteiger partial charge in [-0.25, -0.2) is 9.97 Å². The predicted octanol–water partition coefficient (Wildman–Crippen LogP) is 6.77. The highest BCUT2D eigenvalue weighted by Gasteiger charge is 2.51. The minimum atomic E-state index is 0.436. The molecule has 0 saturated heterocycles. The molecule has 0 atom stereocenters. The van der Waals surface area contributed by atoms with Gasteiger partial charge in [-0.2, -0.15) is 0 Å². The lowest BCUT2D eigenvalue weighted by Crippen LogP contribution is -2.59. The number of ether oxygens (including phenoxy) is 1. The number of nitrogens with two attached hydrogens (primary N) is 1. The van der Waals surface area contributed by atoms with Crippen LogP contribution in [0.2, 0.25) is 0 Å². The SMILES string of the molecule is Nc1ncnc2c1c(-c1ccccc1OCc1ccccc1)cn2C1CC(CNC23CC4CC(CC(C4)C2)C3)C1. The molecule has 2 aromatic heterocycles. The van der Waals surface area contributed by atoms with Crippen LogP contribution in [0.1, 0.15) is 63.0 Å². The van der Waals surface area contributed by atoms with E-state index < -0.39 is 0 Å². The molecule has 0 spiro atoms. The topological polar surface area (TPSA) is 78.0 Å². The molecule has 0 aliphatic heterocycles. The molecule has 9 rings (SSSR count). The summed E-state index contributed by atoms with van der Waals surface area (Å²) in [5.41, 5.74) is 11.1. The van der Waals surface area contributed by atoms with Crippen molar-refractivity contribution in [3.05, 3.63) is 72.7 Å². The first-order valence-corrected chi connectivity index (χ1v) is 15.2. The molecular formula is C34H39N5O. The Morgan fingerprint density at radius 1 is 0.850 bits per heavy atom. The highest BCUT2D eigenvalue weighted by molar-refractivity contribution is 6.01. The molecule has 5 aliphatic rings. The van der Waals surface area contributed by atoms with Crippen LogP contribution in [0.5, 0.6) is 5.75 Å². The summed E-state index contributed by atoms with van der Waals surface area (Å²) >= 11 is 0. The van der Waals surface area contributed by atoms with E-state index in [0.717, 1.165) is 63.7 Å². The summed E-state index contributed by atoms with van der Waals surface area (Å²) in [6.07, 6.45) is 15.0. The summed E-state index contributed by atoms with van der Waals surface area (Å²) < 4.78 is 8.69. The van der Waals surface area contributed by atoms with Gasteiger partial charge in [-0.3, -0.25) is 0 Å². The summed E-state index contributed by atoms with van der Waals surface area (Å²) in [5.74, 6) is 5.06. The van der Waals surface area contributed by atoms with E-state index in [4.69, 9.17) is 15.5 Å². The van der Waals surface area contributed by atoms with Crippen molar-refractivity contribution in [3.63, 3.8) is 0 Å². The molecule has 0 unspecified atom stereocenters. The van der Waals surface area contributed by atoms with E-state index in [1.165, 1.54) is 51.4 Å². The quantitative estimate of drug-likeness (QED) is 0.261. The molecule has 5 fully saturated rings. The van der Waals surface area contributed by atoms with Crippen LogP contribution in [0.15, 0.2) is 67.1 Å². The zero-order chi connectivity index (χ0) is 26.7. The van der Waals surface area contributed by atoms with Crippen molar-refractivity contribution in [1.29, 1.82) is 0 Å². The normalized spacial score (nSPS) is 30.4. The Labute approximate surface area is 236 Å². The number of aromatic nitrogens is 3. The number of nitrogens with zero attached hydrogens (tertiary/aromatic N) is 3. The second-order valence-electron chi connectivity index (χ2n) is 13.2. The second kappa shape index (κ2) is 9.62. The summed E-state index contributed by atoms with van der Waals surface area (Å²) in [7, 11) is 0. The zero-order valence-corrected chi connectivity index (χ0v) is 23.1. The molecule has 5 aliphatic carbocycles. The number of hydrogen-bond acceptors (Lipinski definition) is 5. The molecule has 5 saturated carbocycles. The lowest BCUT2D eigenvalue weighted by molar-refractivity contribution is -0.0239. The smallest absolute Gasteiger partial charge is 0.146 e. The molecule has 2 heterocycles. The number of nitrogen functional groups attached to an aromatic ring is 1. The van der Waals surface area contributed by atoms with Gasteiger partial charge in [0.1, 0.15) is 30.1 Å². The van der Waals surface area contributed by atoms with Crippen LogP contribution in [0, 0.1) is 23.7 Å². The Kier molecular flexibility index (Phi) is 5.87. The predicted molar refractivity (Wildman–Crippen MR) is 159 cm³/mol. The monoisotopic (exact) mass is 533 g/mol. The largest absolute Gasteiger partial charge is 0.488 e. The van der Waals surface area contributed by atoms with Crippen LogP contribution in [0.3, 0.4) is 0 Å². The number of anilines is 1. The third kappa shape index (κ3) is 4.28. The van der Waals surface area contributed by atoms with Crippen LogP contribution in [-0.2, 0) is 6.61 Å². The Hall–Kier alpha value is -3.38. The van der Waals surface area contributed by atoms with Crippen LogP contribution in [0.25, 0.3) is 22.2 Å². The minimum absolute atomic E-state index is 0.436. The zero-order valence-electron chi connectivity index (χ0n) is 23.1. The number of rotatable bonds is 8. The Bertz CT molecular complexity index is 1490.